The first-order chi connectivity index (χ1) is 16.9. The Morgan fingerprint density at radius 2 is 0.971 bits per heavy atom. The molecule has 0 fully saturated rings. The first kappa shape index (κ1) is 19.9. The molecule has 6 rings (SSSR count). The Balaban J connectivity index is 1.33. The number of benzene rings is 2. The van der Waals surface area contributed by atoms with Crippen LogP contribution in [0.25, 0.3) is 22.3 Å². The number of nitrogens with one attached hydrogen (secondary N) is 2. The summed E-state index contributed by atoms with van der Waals surface area (Å²) in [6.07, 6.45) is 15.6. The average Bonchev–Trinajstić information content (AvgIpc) is 3.70. The van der Waals surface area contributed by atoms with Gasteiger partial charge in [0, 0.05) is 47.4 Å². The quantitative estimate of drug-likeness (QED) is 0.344. The average molecular weight is 439 g/mol. The van der Waals surface area contributed by atoms with Gasteiger partial charge >= 0.3 is 0 Å². The predicted molar refractivity (Wildman–Crippen MR) is 141 cm³/mol. The topological polar surface area (TPSA) is 56.3 Å². The van der Waals surface area contributed by atoms with Gasteiger partial charge in [0.25, 0.3) is 0 Å². The maximum Gasteiger partial charge on any atom is 0.0729 e. The largest absolute Gasteiger partial charge is 0.361 e. The number of aliphatic imine (C=N–C) groups is 2. The summed E-state index contributed by atoms with van der Waals surface area (Å²) >= 11 is 0. The zero-order chi connectivity index (χ0) is 22.7. The van der Waals surface area contributed by atoms with Gasteiger partial charge in [-0.15, -0.1) is 0 Å². The van der Waals surface area contributed by atoms with E-state index in [2.05, 4.69) is 80.6 Å². The number of aromatic nitrogens is 2. The first-order valence-electron chi connectivity index (χ1n) is 11.3. The molecule has 0 atom stereocenters. The van der Waals surface area contributed by atoms with Crippen LogP contribution in [-0.4, -0.2) is 22.4 Å². The van der Waals surface area contributed by atoms with Gasteiger partial charge in [0.05, 0.1) is 11.4 Å². The molecule has 34 heavy (non-hydrogen) atoms. The van der Waals surface area contributed by atoms with Crippen LogP contribution >= 0.6 is 0 Å². The summed E-state index contributed by atoms with van der Waals surface area (Å²) in [6, 6.07) is 25.5. The molecular weight excluding hydrogens is 416 g/mol. The van der Waals surface area contributed by atoms with E-state index < -0.39 is 0 Å². The van der Waals surface area contributed by atoms with Crippen molar-refractivity contribution in [2.45, 2.75) is 0 Å². The van der Waals surface area contributed by atoms with Crippen LogP contribution in [-0.2, 0) is 0 Å². The van der Waals surface area contributed by atoms with E-state index in [0.29, 0.717) is 0 Å². The summed E-state index contributed by atoms with van der Waals surface area (Å²) in [7, 11) is 0. The van der Waals surface area contributed by atoms with Crippen LogP contribution < -0.4 is 0 Å². The van der Waals surface area contributed by atoms with E-state index >= 15 is 0 Å². The second-order valence-electron chi connectivity index (χ2n) is 8.12. The number of aromatic amines is 2. The Morgan fingerprint density at radius 3 is 1.29 bits per heavy atom. The normalized spacial score (nSPS) is 17.1. The molecule has 0 radical (unpaired) electrons. The molecule has 0 spiro atoms. The molecule has 2 N–H and O–H groups in total. The van der Waals surface area contributed by atoms with Gasteiger partial charge in [0.1, 0.15) is 0 Å². The van der Waals surface area contributed by atoms with Crippen LogP contribution in [0.3, 0.4) is 0 Å². The third kappa shape index (κ3) is 3.71. The molecule has 0 amide bonds. The van der Waals surface area contributed by atoms with E-state index in [9.17, 15) is 0 Å². The van der Waals surface area contributed by atoms with Crippen LogP contribution in [0, 0.1) is 0 Å². The Hall–Kier alpha value is -4.70. The highest BCUT2D eigenvalue weighted by molar-refractivity contribution is 5.90. The van der Waals surface area contributed by atoms with E-state index in [1.54, 1.807) is 0 Å². The smallest absolute Gasteiger partial charge is 0.0729 e. The predicted octanol–water partition coefficient (Wildman–Crippen LogP) is 6.81. The number of rotatable bonds is 5. The number of allylic oxidation sites excluding steroid dienone is 4. The summed E-state index contributed by atoms with van der Waals surface area (Å²) in [5, 5.41) is 0. The van der Waals surface area contributed by atoms with Gasteiger partial charge in [-0.25, -0.2) is 0 Å². The van der Waals surface area contributed by atoms with Crippen molar-refractivity contribution in [2.24, 2.45) is 9.98 Å². The SMILES string of the molecule is C1=C/C(=C(/c2ccc(-c3ccc(/C(=C4/C=CC=N4)c4ccc[nH]4)cc3)cc2)c2ccc[nH]2)N=C1. The molecule has 4 heterocycles. The third-order valence-electron chi connectivity index (χ3n) is 6.03. The molecule has 2 aliphatic rings. The summed E-state index contributed by atoms with van der Waals surface area (Å²) in [5.74, 6) is 0. The Kier molecular flexibility index (Phi) is 5.09. The molecule has 4 aromatic rings. The lowest BCUT2D eigenvalue weighted by Crippen LogP contribution is -1.93. The van der Waals surface area contributed by atoms with Crippen LogP contribution in [0.4, 0.5) is 0 Å². The van der Waals surface area contributed by atoms with Crippen molar-refractivity contribution < 1.29 is 0 Å². The molecule has 2 aromatic heterocycles. The first-order valence-corrected chi connectivity index (χ1v) is 11.3. The molecular formula is C30H22N4. The van der Waals surface area contributed by atoms with E-state index in [4.69, 9.17) is 0 Å². The number of hydrogen-bond donors (Lipinski definition) is 2. The van der Waals surface area contributed by atoms with Crippen LogP contribution in [0.15, 0.2) is 131 Å². The zero-order valence-corrected chi connectivity index (χ0v) is 18.4. The molecule has 0 saturated carbocycles. The fourth-order valence-electron chi connectivity index (χ4n) is 4.41. The lowest BCUT2D eigenvalue weighted by Gasteiger charge is -2.11. The van der Waals surface area contributed by atoms with E-state index in [0.717, 1.165) is 45.1 Å². The van der Waals surface area contributed by atoms with E-state index in [1.807, 2.05) is 61.3 Å². The van der Waals surface area contributed by atoms with E-state index in [-0.39, 0.29) is 0 Å². The van der Waals surface area contributed by atoms with Gasteiger partial charge in [-0.05, 0) is 70.8 Å². The fourth-order valence-corrected chi connectivity index (χ4v) is 4.41. The summed E-state index contributed by atoms with van der Waals surface area (Å²) in [5.41, 5.74) is 10.9. The molecule has 162 valence electrons. The van der Waals surface area contributed by atoms with Gasteiger partial charge in [-0.1, -0.05) is 48.5 Å². The van der Waals surface area contributed by atoms with Crippen molar-refractivity contribution >= 4 is 23.6 Å². The molecule has 0 bridgehead atoms. The molecule has 2 aromatic carbocycles. The van der Waals surface area contributed by atoms with Crippen molar-refractivity contribution in [2.75, 3.05) is 0 Å². The van der Waals surface area contributed by atoms with Gasteiger partial charge in [0.15, 0.2) is 0 Å². The summed E-state index contributed by atoms with van der Waals surface area (Å²) in [6.45, 7) is 0. The van der Waals surface area contributed by atoms with Crippen molar-refractivity contribution in [3.8, 4) is 11.1 Å². The molecule has 0 aliphatic carbocycles. The van der Waals surface area contributed by atoms with Crippen molar-refractivity contribution in [3.05, 3.63) is 143 Å². The standard InChI is InChI=1S/C30H22N4/c1-5-25(31-17-1)29(26-6-2-18-32-26)23-13-9-21(10-14-23)22-11-15-24(16-12-22)30(27-7-3-19-33-27)28-8-4-20-34-28/h1-20,31,33H/b29-26+,30-28+. The minimum Gasteiger partial charge on any atom is -0.361 e. The third-order valence-corrected chi connectivity index (χ3v) is 6.03. The van der Waals surface area contributed by atoms with Gasteiger partial charge in [-0.3, -0.25) is 9.98 Å². The van der Waals surface area contributed by atoms with E-state index in [1.165, 1.54) is 11.1 Å². The second kappa shape index (κ2) is 8.68. The number of hydrogen-bond acceptors (Lipinski definition) is 2. The fraction of sp³-hybridized carbons (Fsp3) is 0. The maximum absolute atomic E-state index is 4.53. The Labute approximate surface area is 198 Å². The highest BCUT2D eigenvalue weighted by Gasteiger charge is 2.14. The van der Waals surface area contributed by atoms with Gasteiger partial charge < -0.3 is 9.97 Å². The summed E-state index contributed by atoms with van der Waals surface area (Å²) < 4.78 is 0. The highest BCUT2D eigenvalue weighted by Crippen LogP contribution is 2.32. The van der Waals surface area contributed by atoms with Gasteiger partial charge in [0.2, 0.25) is 0 Å². The monoisotopic (exact) mass is 438 g/mol. The van der Waals surface area contributed by atoms with Crippen LogP contribution in [0.1, 0.15) is 22.5 Å². The maximum atomic E-state index is 4.53. The zero-order valence-electron chi connectivity index (χ0n) is 18.4. The van der Waals surface area contributed by atoms with Crippen LogP contribution in [0.2, 0.25) is 0 Å². The Morgan fingerprint density at radius 1 is 0.529 bits per heavy atom. The minimum atomic E-state index is 0.966. The van der Waals surface area contributed by atoms with Crippen molar-refractivity contribution in [3.63, 3.8) is 0 Å². The second-order valence-corrected chi connectivity index (χ2v) is 8.12. The lowest BCUT2D eigenvalue weighted by atomic mass is 9.95. The molecule has 4 heteroatoms. The Bertz CT molecular complexity index is 1340. The lowest BCUT2D eigenvalue weighted by molar-refractivity contribution is 1.31. The van der Waals surface area contributed by atoms with Crippen LogP contribution in [0.5, 0.6) is 0 Å². The minimum absolute atomic E-state index is 0.966. The molecule has 0 unspecified atom stereocenters. The number of H-pyrrole nitrogens is 2. The molecule has 2 aliphatic heterocycles. The highest BCUT2D eigenvalue weighted by atomic mass is 14.8. The molecule has 0 saturated heterocycles. The van der Waals surface area contributed by atoms with Crippen molar-refractivity contribution in [1.29, 1.82) is 0 Å². The number of nitrogens with zero attached hydrogens (tertiary/aromatic N) is 2. The molecule has 4 nitrogen and oxygen atoms in total. The summed E-state index contributed by atoms with van der Waals surface area (Å²) in [4.78, 5) is 15.7. The van der Waals surface area contributed by atoms with Crippen molar-refractivity contribution in [1.82, 2.24) is 9.97 Å². The van der Waals surface area contributed by atoms with Gasteiger partial charge in [-0.2, -0.15) is 0 Å².